The maximum Gasteiger partial charge on any atom is 0.246 e. The Kier molecular flexibility index (Phi) is 3.58. The SMILES string of the molecule is Cn1nccc1/C=C/C(=O)N1CCC[C@@H]1CO. The number of aryl methyl sites for hydroxylation is 1. The van der Waals surface area contributed by atoms with Crippen LogP contribution in [-0.4, -0.2) is 44.9 Å². The maximum atomic E-state index is 11.9. The van der Waals surface area contributed by atoms with Gasteiger partial charge in [0.05, 0.1) is 18.3 Å². The predicted molar refractivity (Wildman–Crippen MR) is 64.1 cm³/mol. The van der Waals surface area contributed by atoms with Crippen molar-refractivity contribution in [3.63, 3.8) is 0 Å². The summed E-state index contributed by atoms with van der Waals surface area (Å²) in [5.41, 5.74) is 0.887. The molecule has 1 aliphatic rings. The average molecular weight is 235 g/mol. The zero-order valence-corrected chi connectivity index (χ0v) is 9.91. The Bertz CT molecular complexity index is 425. The first kappa shape index (κ1) is 11.9. The summed E-state index contributed by atoms with van der Waals surface area (Å²) in [6.07, 6.45) is 6.85. The minimum atomic E-state index is -0.0391. The van der Waals surface area contributed by atoms with Gasteiger partial charge in [-0.3, -0.25) is 9.48 Å². The van der Waals surface area contributed by atoms with E-state index in [2.05, 4.69) is 5.10 Å². The molecular formula is C12H17N3O2. The highest BCUT2D eigenvalue weighted by atomic mass is 16.3. The third-order valence-corrected chi connectivity index (χ3v) is 3.13. The van der Waals surface area contributed by atoms with E-state index >= 15 is 0 Å². The molecule has 1 amide bonds. The van der Waals surface area contributed by atoms with Gasteiger partial charge in [0, 0.05) is 25.9 Å². The molecule has 92 valence electrons. The van der Waals surface area contributed by atoms with Crippen LogP contribution in [0.1, 0.15) is 18.5 Å². The van der Waals surface area contributed by atoms with Crippen LogP contribution in [0.5, 0.6) is 0 Å². The molecular weight excluding hydrogens is 218 g/mol. The van der Waals surface area contributed by atoms with Crippen LogP contribution in [0.3, 0.4) is 0 Å². The Labute approximate surface area is 100 Å². The zero-order chi connectivity index (χ0) is 12.3. The number of aromatic nitrogens is 2. The van der Waals surface area contributed by atoms with E-state index in [4.69, 9.17) is 5.11 Å². The highest BCUT2D eigenvalue weighted by Crippen LogP contribution is 2.17. The van der Waals surface area contributed by atoms with Gasteiger partial charge in [-0.1, -0.05) is 0 Å². The molecule has 0 aromatic carbocycles. The van der Waals surface area contributed by atoms with E-state index in [0.717, 1.165) is 25.1 Å². The van der Waals surface area contributed by atoms with E-state index in [9.17, 15) is 4.79 Å². The summed E-state index contributed by atoms with van der Waals surface area (Å²) in [5.74, 6) is -0.0391. The molecule has 17 heavy (non-hydrogen) atoms. The molecule has 1 saturated heterocycles. The van der Waals surface area contributed by atoms with Crippen molar-refractivity contribution in [1.29, 1.82) is 0 Å². The minimum Gasteiger partial charge on any atom is -0.394 e. The van der Waals surface area contributed by atoms with Crippen molar-refractivity contribution in [1.82, 2.24) is 14.7 Å². The van der Waals surface area contributed by atoms with Gasteiger partial charge in [-0.05, 0) is 25.0 Å². The molecule has 5 heteroatoms. The van der Waals surface area contributed by atoms with Gasteiger partial charge < -0.3 is 10.0 Å². The lowest BCUT2D eigenvalue weighted by molar-refractivity contribution is -0.127. The fourth-order valence-electron chi connectivity index (χ4n) is 2.12. The van der Waals surface area contributed by atoms with Crippen molar-refractivity contribution in [3.05, 3.63) is 24.0 Å². The van der Waals surface area contributed by atoms with Crippen LogP contribution < -0.4 is 0 Å². The van der Waals surface area contributed by atoms with Crippen molar-refractivity contribution in [2.45, 2.75) is 18.9 Å². The first-order chi connectivity index (χ1) is 8.22. The number of aliphatic hydroxyl groups is 1. The van der Waals surface area contributed by atoms with E-state index in [1.165, 1.54) is 0 Å². The lowest BCUT2D eigenvalue weighted by Crippen LogP contribution is -2.36. The maximum absolute atomic E-state index is 11.9. The van der Waals surface area contributed by atoms with Gasteiger partial charge in [0.2, 0.25) is 5.91 Å². The van der Waals surface area contributed by atoms with Crippen molar-refractivity contribution in [3.8, 4) is 0 Å². The first-order valence-electron chi connectivity index (χ1n) is 5.80. The summed E-state index contributed by atoms with van der Waals surface area (Å²) in [6, 6.07) is 1.83. The van der Waals surface area contributed by atoms with Gasteiger partial charge in [-0.15, -0.1) is 0 Å². The third-order valence-electron chi connectivity index (χ3n) is 3.13. The highest BCUT2D eigenvalue weighted by Gasteiger charge is 2.26. The lowest BCUT2D eigenvalue weighted by Gasteiger charge is -2.21. The topological polar surface area (TPSA) is 58.4 Å². The van der Waals surface area contributed by atoms with E-state index in [-0.39, 0.29) is 18.6 Å². The van der Waals surface area contributed by atoms with Crippen LogP contribution in [0.25, 0.3) is 6.08 Å². The van der Waals surface area contributed by atoms with Gasteiger partial charge >= 0.3 is 0 Å². The van der Waals surface area contributed by atoms with Gasteiger partial charge in [-0.2, -0.15) is 5.10 Å². The molecule has 2 rings (SSSR count). The predicted octanol–water partition coefficient (Wildman–Crippen LogP) is 0.417. The Morgan fingerprint density at radius 2 is 2.53 bits per heavy atom. The summed E-state index contributed by atoms with van der Waals surface area (Å²) in [6.45, 7) is 0.783. The molecule has 0 saturated carbocycles. The molecule has 1 fully saturated rings. The number of likely N-dealkylation sites (tertiary alicyclic amines) is 1. The largest absolute Gasteiger partial charge is 0.394 e. The number of carbonyl (C=O) groups excluding carboxylic acids is 1. The lowest BCUT2D eigenvalue weighted by atomic mass is 10.2. The van der Waals surface area contributed by atoms with Crippen LogP contribution in [0, 0.1) is 0 Å². The van der Waals surface area contributed by atoms with Crippen LogP contribution in [0.15, 0.2) is 18.3 Å². The number of aliphatic hydroxyl groups excluding tert-OH is 1. The van der Waals surface area contributed by atoms with Crippen molar-refractivity contribution >= 4 is 12.0 Å². The Morgan fingerprint density at radius 3 is 3.18 bits per heavy atom. The van der Waals surface area contributed by atoms with Crippen LogP contribution in [0.2, 0.25) is 0 Å². The monoisotopic (exact) mass is 235 g/mol. The quantitative estimate of drug-likeness (QED) is 0.772. The molecule has 1 aromatic rings. The molecule has 0 bridgehead atoms. The number of nitrogens with zero attached hydrogens (tertiary/aromatic N) is 3. The number of hydrogen-bond donors (Lipinski definition) is 1. The van der Waals surface area contributed by atoms with E-state index in [0.29, 0.717) is 0 Å². The molecule has 1 aromatic heterocycles. The van der Waals surface area contributed by atoms with E-state index in [1.807, 2.05) is 13.1 Å². The molecule has 5 nitrogen and oxygen atoms in total. The molecule has 0 radical (unpaired) electrons. The Balaban J connectivity index is 2.02. The summed E-state index contributed by atoms with van der Waals surface area (Å²) in [4.78, 5) is 13.6. The summed E-state index contributed by atoms with van der Waals surface area (Å²) in [7, 11) is 1.83. The second kappa shape index (κ2) is 5.14. The normalized spacial score (nSPS) is 20.4. The van der Waals surface area contributed by atoms with Gasteiger partial charge in [-0.25, -0.2) is 0 Å². The molecule has 2 heterocycles. The number of carbonyl (C=O) groups is 1. The van der Waals surface area contributed by atoms with E-state index < -0.39 is 0 Å². The van der Waals surface area contributed by atoms with Gasteiger partial charge in [0.1, 0.15) is 0 Å². The second-order valence-electron chi connectivity index (χ2n) is 4.22. The molecule has 1 atom stereocenters. The number of rotatable bonds is 3. The van der Waals surface area contributed by atoms with Crippen molar-refractivity contribution < 1.29 is 9.90 Å². The second-order valence-corrected chi connectivity index (χ2v) is 4.22. The van der Waals surface area contributed by atoms with Crippen molar-refractivity contribution in [2.24, 2.45) is 7.05 Å². The minimum absolute atomic E-state index is 0.0151. The molecule has 1 N–H and O–H groups in total. The standard InChI is InChI=1S/C12H17N3O2/c1-14-10(6-7-13-14)4-5-12(17)15-8-2-3-11(15)9-16/h4-7,11,16H,2-3,8-9H2,1H3/b5-4+/t11-/m1/s1. The fraction of sp³-hybridized carbons (Fsp3) is 0.500. The first-order valence-corrected chi connectivity index (χ1v) is 5.80. The fourth-order valence-corrected chi connectivity index (χ4v) is 2.12. The average Bonchev–Trinajstić information content (AvgIpc) is 2.94. The summed E-state index contributed by atoms with van der Waals surface area (Å²) >= 11 is 0. The molecule has 0 unspecified atom stereocenters. The number of hydrogen-bond acceptors (Lipinski definition) is 3. The van der Waals surface area contributed by atoms with E-state index in [1.54, 1.807) is 27.9 Å². The van der Waals surface area contributed by atoms with Crippen molar-refractivity contribution in [2.75, 3.05) is 13.2 Å². The molecule has 0 spiro atoms. The van der Waals surface area contributed by atoms with Gasteiger partial charge in [0.25, 0.3) is 0 Å². The van der Waals surface area contributed by atoms with Gasteiger partial charge in [0.15, 0.2) is 0 Å². The summed E-state index contributed by atoms with van der Waals surface area (Å²) in [5, 5.41) is 13.2. The zero-order valence-electron chi connectivity index (χ0n) is 9.91. The van der Waals surface area contributed by atoms with Crippen LogP contribution in [0.4, 0.5) is 0 Å². The Hall–Kier alpha value is -1.62. The van der Waals surface area contributed by atoms with Crippen LogP contribution in [-0.2, 0) is 11.8 Å². The highest BCUT2D eigenvalue weighted by molar-refractivity contribution is 5.91. The molecule has 0 aliphatic carbocycles. The Morgan fingerprint density at radius 1 is 1.71 bits per heavy atom. The summed E-state index contributed by atoms with van der Waals surface area (Å²) < 4.78 is 1.71. The van der Waals surface area contributed by atoms with Crippen LogP contribution >= 0.6 is 0 Å². The third kappa shape index (κ3) is 2.55. The smallest absolute Gasteiger partial charge is 0.246 e. The molecule has 1 aliphatic heterocycles. The number of amides is 1.